The van der Waals surface area contributed by atoms with Crippen molar-refractivity contribution in [3.05, 3.63) is 65.2 Å². The average molecular weight is 416 g/mol. The van der Waals surface area contributed by atoms with Crippen molar-refractivity contribution < 1.29 is 18.4 Å². The van der Waals surface area contributed by atoms with E-state index < -0.39 is 6.03 Å². The van der Waals surface area contributed by atoms with Gasteiger partial charge in [-0.1, -0.05) is 18.2 Å². The topological polar surface area (TPSA) is 73.5 Å². The second-order valence-corrected chi connectivity index (χ2v) is 7.47. The molecule has 3 rings (SSSR count). The first-order valence-electron chi connectivity index (χ1n) is 9.97. The quantitative estimate of drug-likeness (QED) is 0.678. The molecular formula is C22H26F2N4O2. The number of benzene rings is 2. The number of nitrogens with one attached hydrogen (secondary N) is 3. The van der Waals surface area contributed by atoms with E-state index in [1.54, 1.807) is 18.2 Å². The largest absolute Gasteiger partial charge is 0.367 e. The summed E-state index contributed by atoms with van der Waals surface area (Å²) >= 11 is 0. The van der Waals surface area contributed by atoms with Gasteiger partial charge in [-0.3, -0.25) is 4.79 Å². The molecule has 0 bridgehead atoms. The van der Waals surface area contributed by atoms with E-state index in [4.69, 9.17) is 0 Å². The molecule has 0 spiro atoms. The van der Waals surface area contributed by atoms with Gasteiger partial charge in [0.2, 0.25) is 5.91 Å². The van der Waals surface area contributed by atoms with Crippen LogP contribution in [-0.2, 0) is 11.3 Å². The third kappa shape index (κ3) is 6.17. The van der Waals surface area contributed by atoms with Gasteiger partial charge in [0.25, 0.3) is 0 Å². The summed E-state index contributed by atoms with van der Waals surface area (Å²) in [5, 5.41) is 8.02. The molecule has 3 amide bonds. The summed E-state index contributed by atoms with van der Waals surface area (Å²) in [6.07, 6.45) is 1.64. The van der Waals surface area contributed by atoms with E-state index in [0.29, 0.717) is 12.2 Å². The molecule has 0 radical (unpaired) electrons. The molecule has 1 aliphatic rings. The van der Waals surface area contributed by atoms with E-state index in [0.717, 1.165) is 30.5 Å². The van der Waals surface area contributed by atoms with Gasteiger partial charge >= 0.3 is 6.03 Å². The van der Waals surface area contributed by atoms with Gasteiger partial charge in [-0.15, -0.1) is 0 Å². The number of carbonyl (C=O) groups excluding carboxylic acids is 2. The number of amides is 3. The second-order valence-electron chi connectivity index (χ2n) is 7.47. The average Bonchev–Trinajstić information content (AvgIpc) is 2.74. The smallest absolute Gasteiger partial charge is 0.315 e. The molecule has 8 heteroatoms. The number of halogens is 2. The Bertz CT molecular complexity index is 889. The van der Waals surface area contributed by atoms with Crippen LogP contribution < -0.4 is 20.9 Å². The van der Waals surface area contributed by atoms with Crippen molar-refractivity contribution in [2.45, 2.75) is 32.4 Å². The maximum Gasteiger partial charge on any atom is 0.315 e. The number of hydrogen-bond acceptors (Lipinski definition) is 3. The summed E-state index contributed by atoms with van der Waals surface area (Å²) in [7, 11) is 0. The predicted molar refractivity (Wildman–Crippen MR) is 111 cm³/mol. The van der Waals surface area contributed by atoms with Crippen LogP contribution in [0.2, 0.25) is 0 Å². The zero-order valence-electron chi connectivity index (χ0n) is 16.9. The van der Waals surface area contributed by atoms with Gasteiger partial charge < -0.3 is 20.9 Å². The number of aryl methyl sites for hydroxylation is 1. The van der Waals surface area contributed by atoms with Gasteiger partial charge in [0.15, 0.2) is 0 Å². The van der Waals surface area contributed by atoms with Gasteiger partial charge in [0, 0.05) is 25.7 Å². The van der Waals surface area contributed by atoms with Crippen LogP contribution in [0.5, 0.6) is 0 Å². The highest BCUT2D eigenvalue weighted by atomic mass is 19.1. The Morgan fingerprint density at radius 3 is 2.63 bits per heavy atom. The van der Waals surface area contributed by atoms with Crippen LogP contribution in [0.25, 0.3) is 0 Å². The number of carbonyl (C=O) groups is 2. The molecule has 1 atom stereocenters. The van der Waals surface area contributed by atoms with Crippen molar-refractivity contribution >= 4 is 17.6 Å². The fraction of sp³-hybridized carbons (Fsp3) is 0.364. The van der Waals surface area contributed by atoms with Crippen molar-refractivity contribution in [3.8, 4) is 0 Å². The number of urea groups is 1. The Balaban J connectivity index is 1.42. The highest BCUT2D eigenvalue weighted by Crippen LogP contribution is 2.24. The third-order valence-corrected chi connectivity index (χ3v) is 5.00. The van der Waals surface area contributed by atoms with E-state index >= 15 is 0 Å². The molecule has 1 heterocycles. The Hall–Kier alpha value is -3.16. The molecule has 1 unspecified atom stereocenters. The normalized spacial score (nSPS) is 16.1. The van der Waals surface area contributed by atoms with Crippen LogP contribution in [0.15, 0.2) is 42.5 Å². The minimum absolute atomic E-state index is 0.116. The summed E-state index contributed by atoms with van der Waals surface area (Å²) < 4.78 is 27.0. The standard InChI is InChI=1S/C22H26F2N4O2/c1-15-4-9-19(24)20(11-15)28-10-2-3-18(14-28)27-21(29)13-26-22(30)25-12-16-5-7-17(23)8-6-16/h4-9,11,18H,2-3,10,12-14H2,1H3,(H,27,29)(H2,25,26,30). The molecule has 1 fully saturated rings. The second kappa shape index (κ2) is 10.0. The fourth-order valence-electron chi connectivity index (χ4n) is 3.47. The van der Waals surface area contributed by atoms with Crippen LogP contribution in [0.3, 0.4) is 0 Å². The van der Waals surface area contributed by atoms with Gasteiger partial charge in [-0.2, -0.15) is 0 Å². The molecule has 1 aliphatic heterocycles. The van der Waals surface area contributed by atoms with E-state index in [9.17, 15) is 18.4 Å². The number of nitrogens with zero attached hydrogens (tertiary/aromatic N) is 1. The summed E-state index contributed by atoms with van der Waals surface area (Å²) in [6, 6.07) is 10.2. The van der Waals surface area contributed by atoms with Crippen molar-refractivity contribution in [1.82, 2.24) is 16.0 Å². The maximum atomic E-state index is 14.2. The predicted octanol–water partition coefficient (Wildman–Crippen LogP) is 2.86. The zero-order valence-corrected chi connectivity index (χ0v) is 16.9. The summed E-state index contributed by atoms with van der Waals surface area (Å²) in [4.78, 5) is 26.0. The molecule has 2 aromatic carbocycles. The number of hydrogen-bond donors (Lipinski definition) is 3. The molecule has 3 N–H and O–H groups in total. The van der Waals surface area contributed by atoms with E-state index in [-0.39, 0.29) is 36.7 Å². The van der Waals surface area contributed by atoms with Crippen LogP contribution in [0, 0.1) is 18.6 Å². The van der Waals surface area contributed by atoms with Crippen LogP contribution in [0.1, 0.15) is 24.0 Å². The zero-order chi connectivity index (χ0) is 21.5. The molecule has 1 saturated heterocycles. The van der Waals surface area contributed by atoms with Crippen LogP contribution >= 0.6 is 0 Å². The van der Waals surface area contributed by atoms with E-state index in [2.05, 4.69) is 16.0 Å². The molecule has 6 nitrogen and oxygen atoms in total. The SMILES string of the molecule is Cc1ccc(F)c(N2CCCC(NC(=O)CNC(=O)NCc3ccc(F)cc3)C2)c1. The van der Waals surface area contributed by atoms with E-state index in [1.165, 1.54) is 18.2 Å². The molecular weight excluding hydrogens is 390 g/mol. The first-order chi connectivity index (χ1) is 14.4. The van der Waals surface area contributed by atoms with Crippen molar-refractivity contribution in [2.75, 3.05) is 24.5 Å². The monoisotopic (exact) mass is 416 g/mol. The third-order valence-electron chi connectivity index (χ3n) is 5.00. The van der Waals surface area contributed by atoms with Crippen molar-refractivity contribution in [3.63, 3.8) is 0 Å². The lowest BCUT2D eigenvalue weighted by molar-refractivity contribution is -0.120. The Morgan fingerprint density at radius 1 is 1.10 bits per heavy atom. The van der Waals surface area contributed by atoms with Gasteiger partial charge in [-0.05, 0) is 55.2 Å². The lowest BCUT2D eigenvalue weighted by atomic mass is 10.0. The first-order valence-corrected chi connectivity index (χ1v) is 9.97. The van der Waals surface area contributed by atoms with Gasteiger partial charge in [-0.25, -0.2) is 13.6 Å². The summed E-state index contributed by atoms with van der Waals surface area (Å²) in [6.45, 7) is 3.23. The Labute approximate surface area is 174 Å². The summed E-state index contributed by atoms with van der Waals surface area (Å²) in [5.41, 5.74) is 2.28. The van der Waals surface area contributed by atoms with E-state index in [1.807, 2.05) is 17.9 Å². The van der Waals surface area contributed by atoms with Crippen molar-refractivity contribution in [2.24, 2.45) is 0 Å². The molecule has 2 aromatic rings. The number of rotatable bonds is 6. The van der Waals surface area contributed by atoms with Crippen LogP contribution in [-0.4, -0.2) is 37.6 Å². The van der Waals surface area contributed by atoms with Gasteiger partial charge in [0.05, 0.1) is 12.2 Å². The van der Waals surface area contributed by atoms with Crippen LogP contribution in [0.4, 0.5) is 19.3 Å². The Kier molecular flexibility index (Phi) is 7.21. The minimum atomic E-state index is -0.485. The minimum Gasteiger partial charge on any atom is -0.367 e. The highest BCUT2D eigenvalue weighted by Gasteiger charge is 2.23. The summed E-state index contributed by atoms with van der Waals surface area (Å²) in [5.74, 6) is -0.915. The Morgan fingerprint density at radius 2 is 1.87 bits per heavy atom. The fourth-order valence-corrected chi connectivity index (χ4v) is 3.47. The molecule has 0 aliphatic carbocycles. The molecule has 0 aromatic heterocycles. The first kappa shape index (κ1) is 21.5. The maximum absolute atomic E-state index is 14.2. The van der Waals surface area contributed by atoms with Crippen molar-refractivity contribution in [1.29, 1.82) is 0 Å². The lowest BCUT2D eigenvalue weighted by Gasteiger charge is -2.35. The molecule has 30 heavy (non-hydrogen) atoms. The number of anilines is 1. The van der Waals surface area contributed by atoms with Gasteiger partial charge in [0.1, 0.15) is 11.6 Å². The lowest BCUT2D eigenvalue weighted by Crippen LogP contribution is -2.51. The highest BCUT2D eigenvalue weighted by molar-refractivity contribution is 5.84. The molecule has 160 valence electrons. The number of piperidine rings is 1. The molecule has 0 saturated carbocycles.